The van der Waals surface area contributed by atoms with Crippen LogP contribution < -0.4 is 10.5 Å². The van der Waals surface area contributed by atoms with Gasteiger partial charge in [-0.2, -0.15) is 0 Å². The van der Waals surface area contributed by atoms with Crippen molar-refractivity contribution >= 4 is 11.8 Å². The van der Waals surface area contributed by atoms with Gasteiger partial charge < -0.3 is 15.2 Å². The molecule has 0 spiro atoms. The maximum atomic E-state index is 11.6. The van der Waals surface area contributed by atoms with Gasteiger partial charge in [0.2, 0.25) is 0 Å². The van der Waals surface area contributed by atoms with E-state index in [-0.39, 0.29) is 19.2 Å². The summed E-state index contributed by atoms with van der Waals surface area (Å²) in [6.45, 7) is 5.92. The summed E-state index contributed by atoms with van der Waals surface area (Å²) in [4.78, 5) is 20.0. The number of anilines is 1. The molecular formula is C17H21N3O3. The smallest absolute Gasteiger partial charge is 0.311 e. The Balaban J connectivity index is 1.92. The van der Waals surface area contributed by atoms with Gasteiger partial charge in [-0.1, -0.05) is 12.1 Å². The standard InChI is InChI=1S/C17H21N3O3/c1-17(2,3)16(21)23-10-9-22-13-6-4-5-12(11-13)15-19-8-7-14(18)20-15/h4-8,11H,9-10H2,1-3H3,(H2,18,19,20). The Labute approximate surface area is 135 Å². The summed E-state index contributed by atoms with van der Waals surface area (Å²) in [6, 6.07) is 8.99. The molecule has 1 aromatic heterocycles. The Kier molecular flexibility index (Phi) is 5.16. The van der Waals surface area contributed by atoms with E-state index in [2.05, 4.69) is 9.97 Å². The molecule has 6 nitrogen and oxygen atoms in total. The quantitative estimate of drug-likeness (QED) is 0.674. The average Bonchev–Trinajstić information content (AvgIpc) is 2.51. The molecule has 0 radical (unpaired) electrons. The molecule has 0 aliphatic rings. The van der Waals surface area contributed by atoms with Gasteiger partial charge in [-0.3, -0.25) is 4.79 Å². The first-order chi connectivity index (χ1) is 10.9. The molecule has 0 saturated carbocycles. The SMILES string of the molecule is CC(C)(C)C(=O)OCCOc1cccc(-c2nccc(N)n2)c1. The molecule has 1 heterocycles. The lowest BCUT2D eigenvalue weighted by Gasteiger charge is -2.16. The van der Waals surface area contributed by atoms with Gasteiger partial charge in [-0.15, -0.1) is 0 Å². The number of nitrogen functional groups attached to an aromatic ring is 1. The number of carbonyl (C=O) groups excluding carboxylic acids is 1. The third-order valence-electron chi connectivity index (χ3n) is 2.97. The number of ether oxygens (including phenoxy) is 2. The zero-order chi connectivity index (χ0) is 16.9. The topological polar surface area (TPSA) is 87.3 Å². The fraction of sp³-hybridized carbons (Fsp3) is 0.353. The zero-order valence-corrected chi connectivity index (χ0v) is 13.6. The average molecular weight is 315 g/mol. The summed E-state index contributed by atoms with van der Waals surface area (Å²) in [5.41, 5.74) is 5.96. The van der Waals surface area contributed by atoms with Gasteiger partial charge in [0.25, 0.3) is 0 Å². The lowest BCUT2D eigenvalue weighted by Crippen LogP contribution is -2.24. The molecule has 23 heavy (non-hydrogen) atoms. The van der Waals surface area contributed by atoms with Crippen LogP contribution in [0, 0.1) is 5.41 Å². The van der Waals surface area contributed by atoms with Crippen LogP contribution in [0.15, 0.2) is 36.5 Å². The Morgan fingerprint density at radius 2 is 2.00 bits per heavy atom. The minimum absolute atomic E-state index is 0.203. The van der Waals surface area contributed by atoms with Crippen LogP contribution in [0.3, 0.4) is 0 Å². The third kappa shape index (κ3) is 4.95. The molecule has 2 rings (SSSR count). The highest BCUT2D eigenvalue weighted by molar-refractivity contribution is 5.75. The molecule has 2 N–H and O–H groups in total. The predicted octanol–water partition coefficient (Wildman–Crippen LogP) is 2.69. The van der Waals surface area contributed by atoms with Crippen LogP contribution in [0.4, 0.5) is 5.82 Å². The maximum Gasteiger partial charge on any atom is 0.311 e. The van der Waals surface area contributed by atoms with Crippen molar-refractivity contribution < 1.29 is 14.3 Å². The van der Waals surface area contributed by atoms with E-state index in [0.717, 1.165) is 5.56 Å². The fourth-order valence-corrected chi connectivity index (χ4v) is 1.75. The van der Waals surface area contributed by atoms with Crippen LogP contribution >= 0.6 is 0 Å². The number of carbonyl (C=O) groups is 1. The molecule has 1 aromatic carbocycles. The molecule has 0 saturated heterocycles. The predicted molar refractivity (Wildman–Crippen MR) is 87.8 cm³/mol. The second-order valence-corrected chi connectivity index (χ2v) is 6.07. The minimum atomic E-state index is -0.509. The number of benzene rings is 1. The molecule has 6 heteroatoms. The summed E-state index contributed by atoms with van der Waals surface area (Å²) >= 11 is 0. The van der Waals surface area contributed by atoms with Crippen molar-refractivity contribution in [1.82, 2.24) is 9.97 Å². The van der Waals surface area contributed by atoms with Crippen molar-refractivity contribution in [2.75, 3.05) is 18.9 Å². The van der Waals surface area contributed by atoms with Crippen LogP contribution in [0.5, 0.6) is 5.75 Å². The summed E-state index contributed by atoms with van der Waals surface area (Å²) < 4.78 is 10.8. The van der Waals surface area contributed by atoms with Crippen molar-refractivity contribution in [3.63, 3.8) is 0 Å². The summed E-state index contributed by atoms with van der Waals surface area (Å²) in [5.74, 6) is 1.35. The van der Waals surface area contributed by atoms with E-state index in [1.165, 1.54) is 0 Å². The van der Waals surface area contributed by atoms with Gasteiger partial charge in [-0.05, 0) is 39.0 Å². The molecule has 0 fully saturated rings. The highest BCUT2D eigenvalue weighted by atomic mass is 16.6. The third-order valence-corrected chi connectivity index (χ3v) is 2.97. The summed E-state index contributed by atoms with van der Waals surface area (Å²) in [7, 11) is 0. The Morgan fingerprint density at radius 1 is 1.22 bits per heavy atom. The molecular weight excluding hydrogens is 294 g/mol. The Hall–Kier alpha value is -2.63. The highest BCUT2D eigenvalue weighted by Gasteiger charge is 2.22. The summed E-state index contributed by atoms with van der Waals surface area (Å²) in [6.07, 6.45) is 1.61. The number of nitrogens with two attached hydrogens (primary N) is 1. The first-order valence-electron chi connectivity index (χ1n) is 7.35. The number of rotatable bonds is 5. The molecule has 0 aliphatic carbocycles. The Morgan fingerprint density at radius 3 is 2.70 bits per heavy atom. The molecule has 0 unspecified atom stereocenters. The molecule has 122 valence electrons. The van der Waals surface area contributed by atoms with Gasteiger partial charge in [0.1, 0.15) is 24.8 Å². The van der Waals surface area contributed by atoms with Crippen molar-refractivity contribution in [3.8, 4) is 17.1 Å². The van der Waals surface area contributed by atoms with Gasteiger partial charge in [-0.25, -0.2) is 9.97 Å². The maximum absolute atomic E-state index is 11.6. The van der Waals surface area contributed by atoms with E-state index in [9.17, 15) is 4.79 Å². The number of aromatic nitrogens is 2. The monoisotopic (exact) mass is 315 g/mol. The second-order valence-electron chi connectivity index (χ2n) is 6.07. The van der Waals surface area contributed by atoms with E-state index in [1.807, 2.05) is 45.0 Å². The number of nitrogens with zero attached hydrogens (tertiary/aromatic N) is 2. The minimum Gasteiger partial charge on any atom is -0.490 e. The van der Waals surface area contributed by atoms with Crippen molar-refractivity contribution in [1.29, 1.82) is 0 Å². The van der Waals surface area contributed by atoms with Crippen molar-refractivity contribution in [2.45, 2.75) is 20.8 Å². The molecule has 0 aliphatic heterocycles. The van der Waals surface area contributed by atoms with Gasteiger partial charge in [0.05, 0.1) is 5.41 Å². The van der Waals surface area contributed by atoms with E-state index in [1.54, 1.807) is 12.3 Å². The first-order valence-corrected chi connectivity index (χ1v) is 7.35. The van der Waals surface area contributed by atoms with Gasteiger partial charge in [0.15, 0.2) is 5.82 Å². The van der Waals surface area contributed by atoms with E-state index >= 15 is 0 Å². The van der Waals surface area contributed by atoms with Crippen LogP contribution in [0.1, 0.15) is 20.8 Å². The lowest BCUT2D eigenvalue weighted by molar-refractivity contribution is -0.153. The van der Waals surface area contributed by atoms with E-state index in [4.69, 9.17) is 15.2 Å². The molecule has 0 atom stereocenters. The van der Waals surface area contributed by atoms with Crippen LogP contribution in [0.2, 0.25) is 0 Å². The van der Waals surface area contributed by atoms with Gasteiger partial charge in [0, 0.05) is 11.8 Å². The van der Waals surface area contributed by atoms with Crippen molar-refractivity contribution in [3.05, 3.63) is 36.5 Å². The fourth-order valence-electron chi connectivity index (χ4n) is 1.75. The van der Waals surface area contributed by atoms with E-state index in [0.29, 0.717) is 17.4 Å². The normalized spacial score (nSPS) is 11.1. The van der Waals surface area contributed by atoms with Gasteiger partial charge >= 0.3 is 5.97 Å². The number of esters is 1. The molecule has 0 bridgehead atoms. The molecule has 2 aromatic rings. The highest BCUT2D eigenvalue weighted by Crippen LogP contribution is 2.21. The number of hydrogen-bond donors (Lipinski definition) is 1. The molecule has 0 amide bonds. The first kappa shape index (κ1) is 16.7. The zero-order valence-electron chi connectivity index (χ0n) is 13.6. The second kappa shape index (κ2) is 7.09. The number of hydrogen-bond acceptors (Lipinski definition) is 6. The largest absolute Gasteiger partial charge is 0.490 e. The van der Waals surface area contributed by atoms with Crippen LogP contribution in [-0.2, 0) is 9.53 Å². The van der Waals surface area contributed by atoms with E-state index < -0.39 is 5.41 Å². The summed E-state index contributed by atoms with van der Waals surface area (Å²) in [5, 5.41) is 0. The Bertz CT molecular complexity index is 681. The van der Waals surface area contributed by atoms with Crippen LogP contribution in [-0.4, -0.2) is 29.2 Å². The van der Waals surface area contributed by atoms with Crippen molar-refractivity contribution in [2.24, 2.45) is 5.41 Å². The van der Waals surface area contributed by atoms with Crippen LogP contribution in [0.25, 0.3) is 11.4 Å². The lowest BCUT2D eigenvalue weighted by atomic mass is 9.97.